The summed E-state index contributed by atoms with van der Waals surface area (Å²) < 4.78 is 0. The van der Waals surface area contributed by atoms with Gasteiger partial charge in [-0.3, -0.25) is 9.97 Å². The quantitative estimate of drug-likeness (QED) is 0.759. The third-order valence-corrected chi connectivity index (χ3v) is 2.99. The molecule has 0 bridgehead atoms. The van der Waals surface area contributed by atoms with Crippen LogP contribution in [0.3, 0.4) is 0 Å². The molecule has 1 N–H and O–H groups in total. The maximum Gasteiger partial charge on any atom is 0.336 e. The van der Waals surface area contributed by atoms with Crippen LogP contribution in [0.15, 0.2) is 55.0 Å². The monoisotopic (exact) mass is 250 g/mol. The van der Waals surface area contributed by atoms with E-state index in [9.17, 15) is 9.90 Å². The first-order valence-corrected chi connectivity index (χ1v) is 5.79. The third kappa shape index (κ3) is 1.93. The summed E-state index contributed by atoms with van der Waals surface area (Å²) in [6, 6.07) is 11.0. The molecule has 0 spiro atoms. The van der Waals surface area contributed by atoms with Gasteiger partial charge >= 0.3 is 5.97 Å². The van der Waals surface area contributed by atoms with Crippen molar-refractivity contribution >= 4 is 16.9 Å². The number of rotatable bonds is 2. The highest BCUT2D eigenvalue weighted by atomic mass is 16.4. The fraction of sp³-hybridized carbons (Fsp3) is 0. The fourth-order valence-electron chi connectivity index (χ4n) is 2.13. The van der Waals surface area contributed by atoms with Crippen LogP contribution in [0.1, 0.15) is 10.4 Å². The van der Waals surface area contributed by atoms with Gasteiger partial charge in [-0.15, -0.1) is 0 Å². The van der Waals surface area contributed by atoms with Crippen molar-refractivity contribution in [3.05, 3.63) is 60.6 Å². The average molecular weight is 250 g/mol. The highest BCUT2D eigenvalue weighted by Crippen LogP contribution is 2.29. The van der Waals surface area contributed by atoms with E-state index in [-0.39, 0.29) is 5.56 Å². The molecule has 0 unspecified atom stereocenters. The molecule has 2 heterocycles. The van der Waals surface area contributed by atoms with Gasteiger partial charge in [-0.05, 0) is 23.8 Å². The van der Waals surface area contributed by atoms with Crippen molar-refractivity contribution in [2.24, 2.45) is 0 Å². The van der Waals surface area contributed by atoms with Gasteiger partial charge in [0.2, 0.25) is 0 Å². The van der Waals surface area contributed by atoms with Crippen LogP contribution in [0.25, 0.3) is 22.0 Å². The molecule has 0 fully saturated rings. The number of carbonyl (C=O) groups is 1. The lowest BCUT2D eigenvalue weighted by molar-refractivity contribution is 0.0697. The number of aromatic carboxylic acids is 1. The maximum atomic E-state index is 11.3. The number of carboxylic acids is 1. The van der Waals surface area contributed by atoms with Crippen molar-refractivity contribution in [1.29, 1.82) is 0 Å². The second kappa shape index (κ2) is 4.49. The summed E-state index contributed by atoms with van der Waals surface area (Å²) in [6.07, 6.45) is 4.73. The van der Waals surface area contributed by atoms with Crippen LogP contribution in [0.5, 0.6) is 0 Å². The number of nitrogens with zero attached hydrogens (tertiary/aromatic N) is 2. The van der Waals surface area contributed by atoms with Crippen molar-refractivity contribution < 1.29 is 9.90 Å². The second-order valence-corrected chi connectivity index (χ2v) is 4.10. The van der Waals surface area contributed by atoms with Crippen LogP contribution in [-0.4, -0.2) is 21.0 Å². The van der Waals surface area contributed by atoms with Crippen LogP contribution in [-0.2, 0) is 0 Å². The molecule has 4 nitrogen and oxygen atoms in total. The molecule has 1 aromatic carbocycles. The summed E-state index contributed by atoms with van der Waals surface area (Å²) in [7, 11) is 0. The molecule has 0 saturated heterocycles. The fourth-order valence-corrected chi connectivity index (χ4v) is 2.13. The Morgan fingerprint density at radius 1 is 1.00 bits per heavy atom. The van der Waals surface area contributed by atoms with Crippen LogP contribution >= 0.6 is 0 Å². The largest absolute Gasteiger partial charge is 0.478 e. The molecule has 3 rings (SSSR count). The molecule has 19 heavy (non-hydrogen) atoms. The van der Waals surface area contributed by atoms with Gasteiger partial charge in [0, 0.05) is 29.5 Å². The minimum absolute atomic E-state index is 0.242. The Morgan fingerprint density at radius 3 is 2.68 bits per heavy atom. The molecular weight excluding hydrogens is 240 g/mol. The van der Waals surface area contributed by atoms with E-state index in [0.29, 0.717) is 5.56 Å². The highest BCUT2D eigenvalue weighted by Gasteiger charge is 2.13. The summed E-state index contributed by atoms with van der Waals surface area (Å²) in [4.78, 5) is 19.6. The summed E-state index contributed by atoms with van der Waals surface area (Å²) in [6.45, 7) is 0. The average Bonchev–Trinajstić information content (AvgIpc) is 2.46. The SMILES string of the molecule is O=C(O)c1ccncc1-c1ccnc2ccccc12. The van der Waals surface area contributed by atoms with Gasteiger partial charge in [-0.2, -0.15) is 0 Å². The number of carboxylic acid groups (broad SMARTS) is 1. The lowest BCUT2D eigenvalue weighted by Crippen LogP contribution is -2.00. The van der Waals surface area contributed by atoms with Crippen molar-refractivity contribution in [2.45, 2.75) is 0 Å². The minimum atomic E-state index is -0.960. The van der Waals surface area contributed by atoms with E-state index < -0.39 is 5.97 Å². The molecule has 3 aromatic rings. The van der Waals surface area contributed by atoms with Gasteiger partial charge in [0.15, 0.2) is 0 Å². The Hall–Kier alpha value is -2.75. The van der Waals surface area contributed by atoms with E-state index in [4.69, 9.17) is 0 Å². The van der Waals surface area contributed by atoms with Gasteiger partial charge < -0.3 is 5.11 Å². The van der Waals surface area contributed by atoms with E-state index in [2.05, 4.69) is 9.97 Å². The molecule has 0 aliphatic rings. The lowest BCUT2D eigenvalue weighted by Gasteiger charge is -2.08. The Labute approximate surface area is 109 Å². The molecule has 4 heteroatoms. The van der Waals surface area contributed by atoms with Gasteiger partial charge in [-0.1, -0.05) is 18.2 Å². The van der Waals surface area contributed by atoms with Gasteiger partial charge in [0.05, 0.1) is 11.1 Å². The highest BCUT2D eigenvalue weighted by molar-refractivity contribution is 6.02. The number of hydrogen-bond donors (Lipinski definition) is 1. The Bertz CT molecular complexity index is 763. The standard InChI is InChI=1S/C15H10N2O2/c18-15(19)12-5-7-16-9-13(12)10-6-8-17-14-4-2-1-3-11(10)14/h1-9H,(H,18,19). The molecular formula is C15H10N2O2. The van der Waals surface area contributed by atoms with Crippen LogP contribution in [0.2, 0.25) is 0 Å². The van der Waals surface area contributed by atoms with E-state index in [1.54, 1.807) is 12.4 Å². The predicted molar refractivity (Wildman–Crippen MR) is 71.9 cm³/mol. The number of aromatic nitrogens is 2. The first-order chi connectivity index (χ1) is 9.27. The van der Waals surface area contributed by atoms with Crippen LogP contribution < -0.4 is 0 Å². The maximum absolute atomic E-state index is 11.3. The molecule has 0 aliphatic carbocycles. The molecule has 92 valence electrons. The Kier molecular flexibility index (Phi) is 2.68. The first-order valence-electron chi connectivity index (χ1n) is 5.79. The van der Waals surface area contributed by atoms with Crippen LogP contribution in [0.4, 0.5) is 0 Å². The van der Waals surface area contributed by atoms with Crippen molar-refractivity contribution in [2.75, 3.05) is 0 Å². The summed E-state index contributed by atoms with van der Waals surface area (Å²) >= 11 is 0. The number of fused-ring (bicyclic) bond motifs is 1. The summed E-state index contributed by atoms with van der Waals surface area (Å²) in [5, 5.41) is 10.2. The smallest absolute Gasteiger partial charge is 0.336 e. The Morgan fingerprint density at radius 2 is 1.84 bits per heavy atom. The van der Waals surface area contributed by atoms with Crippen molar-refractivity contribution in [1.82, 2.24) is 9.97 Å². The molecule has 0 radical (unpaired) electrons. The number of benzene rings is 1. The molecule has 0 atom stereocenters. The lowest BCUT2D eigenvalue weighted by atomic mass is 9.99. The summed E-state index contributed by atoms with van der Waals surface area (Å²) in [5.74, 6) is -0.960. The zero-order valence-electron chi connectivity index (χ0n) is 9.95. The first kappa shape index (κ1) is 11.3. The van der Waals surface area contributed by atoms with E-state index in [0.717, 1.165) is 16.5 Å². The van der Waals surface area contributed by atoms with Crippen molar-refractivity contribution in [3.8, 4) is 11.1 Å². The molecule has 0 amide bonds. The molecule has 0 aliphatic heterocycles. The van der Waals surface area contributed by atoms with E-state index in [1.165, 1.54) is 12.3 Å². The van der Waals surface area contributed by atoms with Gasteiger partial charge in [0.1, 0.15) is 0 Å². The minimum Gasteiger partial charge on any atom is -0.478 e. The normalized spacial score (nSPS) is 10.5. The predicted octanol–water partition coefficient (Wildman–Crippen LogP) is 3.00. The summed E-state index contributed by atoms with van der Waals surface area (Å²) in [5.41, 5.74) is 2.51. The topological polar surface area (TPSA) is 63.1 Å². The molecule has 0 saturated carbocycles. The van der Waals surface area contributed by atoms with E-state index >= 15 is 0 Å². The zero-order valence-corrected chi connectivity index (χ0v) is 9.95. The second-order valence-electron chi connectivity index (χ2n) is 4.10. The zero-order chi connectivity index (χ0) is 13.2. The van der Waals surface area contributed by atoms with Gasteiger partial charge in [0.25, 0.3) is 0 Å². The number of hydrogen-bond acceptors (Lipinski definition) is 3. The number of pyridine rings is 2. The van der Waals surface area contributed by atoms with Gasteiger partial charge in [-0.25, -0.2) is 4.79 Å². The van der Waals surface area contributed by atoms with E-state index in [1.807, 2.05) is 30.3 Å². The third-order valence-electron chi connectivity index (χ3n) is 2.99. The molecule has 2 aromatic heterocycles. The van der Waals surface area contributed by atoms with Crippen molar-refractivity contribution in [3.63, 3.8) is 0 Å². The van der Waals surface area contributed by atoms with Crippen LogP contribution in [0, 0.1) is 0 Å². The Balaban J connectivity index is 2.34. The number of para-hydroxylation sites is 1.